The Morgan fingerprint density at radius 3 is 3.11 bits per heavy atom. The maximum absolute atomic E-state index is 5.54. The topological polar surface area (TPSA) is 24.5 Å². The summed E-state index contributed by atoms with van der Waals surface area (Å²) in [5.74, 6) is 0.999. The lowest BCUT2D eigenvalue weighted by atomic mass is 10.1. The highest BCUT2D eigenvalue weighted by molar-refractivity contribution is 5.28. The van der Waals surface area contributed by atoms with Gasteiger partial charge < -0.3 is 15.0 Å². The lowest BCUT2D eigenvalue weighted by Crippen LogP contribution is -2.29. The molecule has 0 saturated carbocycles. The summed E-state index contributed by atoms with van der Waals surface area (Å²) >= 11 is 0. The van der Waals surface area contributed by atoms with Gasteiger partial charge in [0, 0.05) is 13.1 Å². The molecule has 1 aliphatic heterocycles. The van der Waals surface area contributed by atoms with Gasteiger partial charge in [-0.25, -0.2) is 0 Å². The van der Waals surface area contributed by atoms with Gasteiger partial charge in [-0.2, -0.15) is 0 Å². The third-order valence-corrected chi connectivity index (χ3v) is 3.58. The molecule has 1 aromatic carbocycles. The fourth-order valence-electron chi connectivity index (χ4n) is 2.59. The van der Waals surface area contributed by atoms with Crippen LogP contribution in [0.2, 0.25) is 0 Å². The van der Waals surface area contributed by atoms with E-state index < -0.39 is 0 Å². The van der Waals surface area contributed by atoms with Crippen LogP contribution in [0.25, 0.3) is 0 Å². The molecule has 0 aromatic heterocycles. The summed E-state index contributed by atoms with van der Waals surface area (Å²) in [5.41, 5.74) is 1.39. The number of hydrogen-bond acceptors (Lipinski definition) is 3. The minimum Gasteiger partial charge on any atom is -0.494 e. The van der Waals surface area contributed by atoms with Crippen molar-refractivity contribution in [3.63, 3.8) is 0 Å². The van der Waals surface area contributed by atoms with Crippen molar-refractivity contribution in [2.24, 2.45) is 0 Å². The standard InChI is InChI=1S/C16H26N2O/c1-2-19-16-8-3-6-15(14-16)7-4-11-18-12-5-9-17-10-13-18/h3,6,8,14,17H,2,4-5,7,9-13H2,1H3. The summed E-state index contributed by atoms with van der Waals surface area (Å²) in [7, 11) is 0. The molecule has 0 aliphatic carbocycles. The van der Waals surface area contributed by atoms with Crippen LogP contribution in [0, 0.1) is 0 Å². The Morgan fingerprint density at radius 2 is 2.21 bits per heavy atom. The van der Waals surface area contributed by atoms with Gasteiger partial charge in [-0.3, -0.25) is 0 Å². The smallest absolute Gasteiger partial charge is 0.119 e. The van der Waals surface area contributed by atoms with E-state index in [1.54, 1.807) is 0 Å². The molecule has 3 heteroatoms. The first-order valence-corrected chi connectivity index (χ1v) is 7.53. The average molecular weight is 262 g/mol. The van der Waals surface area contributed by atoms with E-state index in [9.17, 15) is 0 Å². The Labute approximate surface area is 116 Å². The molecule has 1 heterocycles. The first-order valence-electron chi connectivity index (χ1n) is 7.53. The van der Waals surface area contributed by atoms with Crippen molar-refractivity contribution in [3.05, 3.63) is 29.8 Å². The van der Waals surface area contributed by atoms with Crippen LogP contribution in [0.3, 0.4) is 0 Å². The van der Waals surface area contributed by atoms with Crippen molar-refractivity contribution in [3.8, 4) is 5.75 Å². The lowest BCUT2D eigenvalue weighted by Gasteiger charge is -2.19. The zero-order chi connectivity index (χ0) is 13.3. The number of ether oxygens (including phenoxy) is 1. The molecule has 0 bridgehead atoms. The van der Waals surface area contributed by atoms with Crippen LogP contribution in [0.1, 0.15) is 25.3 Å². The van der Waals surface area contributed by atoms with Crippen LogP contribution in [0.4, 0.5) is 0 Å². The van der Waals surface area contributed by atoms with Gasteiger partial charge in [0.15, 0.2) is 0 Å². The average Bonchev–Trinajstić information content (AvgIpc) is 2.68. The number of hydrogen-bond donors (Lipinski definition) is 1. The summed E-state index contributed by atoms with van der Waals surface area (Å²) < 4.78 is 5.54. The molecule has 1 N–H and O–H groups in total. The van der Waals surface area contributed by atoms with Crippen LogP contribution in [-0.4, -0.2) is 44.2 Å². The van der Waals surface area contributed by atoms with E-state index in [0.717, 1.165) is 25.3 Å². The number of nitrogens with one attached hydrogen (secondary N) is 1. The van der Waals surface area contributed by atoms with Gasteiger partial charge in [0.2, 0.25) is 0 Å². The summed E-state index contributed by atoms with van der Waals surface area (Å²) in [4.78, 5) is 2.58. The zero-order valence-electron chi connectivity index (χ0n) is 12.0. The van der Waals surface area contributed by atoms with E-state index in [4.69, 9.17) is 4.74 Å². The van der Waals surface area contributed by atoms with Crippen molar-refractivity contribution >= 4 is 0 Å². The summed E-state index contributed by atoms with van der Waals surface area (Å²) in [6, 6.07) is 8.50. The molecule has 0 amide bonds. The van der Waals surface area contributed by atoms with Gasteiger partial charge in [0.1, 0.15) is 5.75 Å². The highest BCUT2D eigenvalue weighted by Crippen LogP contribution is 2.14. The molecule has 0 radical (unpaired) electrons. The summed E-state index contributed by atoms with van der Waals surface area (Å²) in [5, 5.41) is 3.45. The van der Waals surface area contributed by atoms with Gasteiger partial charge in [-0.15, -0.1) is 0 Å². The fraction of sp³-hybridized carbons (Fsp3) is 0.625. The second kappa shape index (κ2) is 8.18. The molecule has 0 spiro atoms. The molecular formula is C16H26N2O. The third kappa shape index (κ3) is 5.21. The Kier molecular flexibility index (Phi) is 6.18. The Hall–Kier alpha value is -1.06. The summed E-state index contributed by atoms with van der Waals surface area (Å²) in [6.45, 7) is 8.72. The van der Waals surface area contributed by atoms with Gasteiger partial charge in [-0.05, 0) is 63.5 Å². The van der Waals surface area contributed by atoms with Crippen molar-refractivity contribution in [2.45, 2.75) is 26.2 Å². The van der Waals surface area contributed by atoms with Gasteiger partial charge in [0.05, 0.1) is 6.61 Å². The van der Waals surface area contributed by atoms with Crippen LogP contribution in [-0.2, 0) is 6.42 Å². The predicted octanol–water partition coefficient (Wildman–Crippen LogP) is 2.31. The molecule has 106 valence electrons. The SMILES string of the molecule is CCOc1cccc(CCCN2CCCNCC2)c1. The Bertz CT molecular complexity index is 360. The highest BCUT2D eigenvalue weighted by atomic mass is 16.5. The second-order valence-electron chi connectivity index (χ2n) is 5.13. The van der Waals surface area contributed by atoms with E-state index in [-0.39, 0.29) is 0 Å². The monoisotopic (exact) mass is 262 g/mol. The summed E-state index contributed by atoms with van der Waals surface area (Å²) in [6.07, 6.45) is 3.65. The normalized spacial score (nSPS) is 17.1. The minimum atomic E-state index is 0.740. The van der Waals surface area contributed by atoms with Gasteiger partial charge in [-0.1, -0.05) is 12.1 Å². The van der Waals surface area contributed by atoms with Crippen molar-refractivity contribution < 1.29 is 4.74 Å². The molecule has 1 saturated heterocycles. The van der Waals surface area contributed by atoms with E-state index in [1.807, 2.05) is 13.0 Å². The van der Waals surface area contributed by atoms with Crippen molar-refractivity contribution in [1.82, 2.24) is 10.2 Å². The molecule has 0 atom stereocenters. The van der Waals surface area contributed by atoms with Gasteiger partial charge >= 0.3 is 0 Å². The quantitative estimate of drug-likeness (QED) is 0.851. The molecular weight excluding hydrogens is 236 g/mol. The Balaban J connectivity index is 1.73. The first-order chi connectivity index (χ1) is 9.38. The number of aryl methyl sites for hydroxylation is 1. The molecule has 0 unspecified atom stereocenters. The number of benzene rings is 1. The van der Waals surface area contributed by atoms with Crippen LogP contribution < -0.4 is 10.1 Å². The molecule has 1 fully saturated rings. The molecule has 1 aromatic rings. The van der Waals surface area contributed by atoms with Gasteiger partial charge in [0.25, 0.3) is 0 Å². The number of nitrogens with zero attached hydrogens (tertiary/aromatic N) is 1. The van der Waals surface area contributed by atoms with E-state index in [2.05, 4.69) is 28.4 Å². The second-order valence-corrected chi connectivity index (χ2v) is 5.13. The van der Waals surface area contributed by atoms with E-state index in [1.165, 1.54) is 44.6 Å². The fourth-order valence-corrected chi connectivity index (χ4v) is 2.59. The maximum Gasteiger partial charge on any atom is 0.119 e. The van der Waals surface area contributed by atoms with Crippen LogP contribution >= 0.6 is 0 Å². The minimum absolute atomic E-state index is 0.740. The highest BCUT2D eigenvalue weighted by Gasteiger charge is 2.07. The van der Waals surface area contributed by atoms with Crippen LogP contribution in [0.5, 0.6) is 5.75 Å². The largest absolute Gasteiger partial charge is 0.494 e. The molecule has 1 aliphatic rings. The maximum atomic E-state index is 5.54. The van der Waals surface area contributed by atoms with Crippen LogP contribution in [0.15, 0.2) is 24.3 Å². The first kappa shape index (κ1) is 14.4. The molecule has 3 nitrogen and oxygen atoms in total. The molecule has 19 heavy (non-hydrogen) atoms. The van der Waals surface area contributed by atoms with Crippen molar-refractivity contribution in [2.75, 3.05) is 39.3 Å². The zero-order valence-corrected chi connectivity index (χ0v) is 12.0. The third-order valence-electron chi connectivity index (χ3n) is 3.58. The number of rotatable bonds is 6. The molecule has 2 rings (SSSR count). The predicted molar refractivity (Wildman–Crippen MR) is 79.9 cm³/mol. The van der Waals surface area contributed by atoms with Crippen molar-refractivity contribution in [1.29, 1.82) is 0 Å². The van der Waals surface area contributed by atoms with E-state index >= 15 is 0 Å². The Morgan fingerprint density at radius 1 is 1.26 bits per heavy atom. The van der Waals surface area contributed by atoms with E-state index in [0.29, 0.717) is 0 Å². The lowest BCUT2D eigenvalue weighted by molar-refractivity contribution is 0.289.